The van der Waals surface area contributed by atoms with Gasteiger partial charge in [0.05, 0.1) is 6.04 Å². The minimum Gasteiger partial charge on any atom is -0.369 e. The van der Waals surface area contributed by atoms with E-state index in [-0.39, 0.29) is 5.56 Å². The molecule has 0 atom stereocenters. The summed E-state index contributed by atoms with van der Waals surface area (Å²) in [5.41, 5.74) is 2.75. The van der Waals surface area contributed by atoms with Gasteiger partial charge in [0.1, 0.15) is 5.39 Å². The monoisotopic (exact) mass is 393 g/mol. The molecule has 0 radical (unpaired) electrons. The quantitative estimate of drug-likeness (QED) is 0.709. The van der Waals surface area contributed by atoms with Crippen molar-refractivity contribution in [2.24, 2.45) is 0 Å². The van der Waals surface area contributed by atoms with E-state index in [0.717, 1.165) is 44.7 Å². The number of nitrogens with one attached hydrogen (secondary N) is 2. The topological polar surface area (TPSA) is 82.1 Å². The maximum atomic E-state index is 12.2. The fraction of sp³-hybridized carbons (Fsp3) is 0.476. The first-order valence-corrected chi connectivity index (χ1v) is 10.5. The van der Waals surface area contributed by atoms with Crippen LogP contribution in [0.5, 0.6) is 0 Å². The maximum Gasteiger partial charge on any atom is 0.275 e. The average molecular weight is 393 g/mol. The van der Waals surface area contributed by atoms with E-state index in [1.54, 1.807) is 6.20 Å². The van der Waals surface area contributed by atoms with Crippen molar-refractivity contribution < 1.29 is 0 Å². The summed E-state index contributed by atoms with van der Waals surface area (Å²) in [5, 5.41) is 6.79. The minimum atomic E-state index is -0.116. The van der Waals surface area contributed by atoms with Crippen LogP contribution < -0.4 is 15.8 Å². The lowest BCUT2D eigenvalue weighted by Crippen LogP contribution is -2.44. The van der Waals surface area contributed by atoms with Gasteiger partial charge < -0.3 is 15.1 Å². The molecule has 2 aliphatic rings. The number of hydrogen-bond donors (Lipinski definition) is 2. The third kappa shape index (κ3) is 3.60. The zero-order chi connectivity index (χ0) is 19.8. The van der Waals surface area contributed by atoms with Gasteiger partial charge in [-0.2, -0.15) is 4.98 Å². The van der Waals surface area contributed by atoms with Gasteiger partial charge in [-0.25, -0.2) is 4.98 Å². The molecule has 152 valence electrons. The Labute approximate surface area is 169 Å². The molecule has 0 amide bonds. The number of hydrogen-bond acceptors (Lipinski definition) is 6. The van der Waals surface area contributed by atoms with Crippen molar-refractivity contribution in [2.45, 2.75) is 31.7 Å². The van der Waals surface area contributed by atoms with Gasteiger partial charge in [0.15, 0.2) is 5.65 Å². The van der Waals surface area contributed by atoms with Crippen molar-refractivity contribution in [3.8, 4) is 0 Å². The molecule has 8 nitrogen and oxygen atoms in total. The molecule has 8 heteroatoms. The number of nitrogens with zero attached hydrogens (tertiary/aromatic N) is 5. The largest absolute Gasteiger partial charge is 0.369 e. The Kier molecular flexibility index (Phi) is 4.71. The number of fused-ring (bicyclic) bond motifs is 1. The highest BCUT2D eigenvalue weighted by atomic mass is 16.1. The van der Waals surface area contributed by atoms with Crippen molar-refractivity contribution in [3.63, 3.8) is 0 Å². The summed E-state index contributed by atoms with van der Waals surface area (Å²) < 4.78 is 1.94. The highest BCUT2D eigenvalue weighted by molar-refractivity contribution is 5.75. The fourth-order valence-corrected chi connectivity index (χ4v) is 4.38. The Bertz CT molecular complexity index is 1040. The van der Waals surface area contributed by atoms with Crippen LogP contribution in [0.4, 0.5) is 17.3 Å². The van der Waals surface area contributed by atoms with Gasteiger partial charge in [0.2, 0.25) is 5.95 Å². The molecule has 0 unspecified atom stereocenters. The molecule has 2 fully saturated rings. The zero-order valence-electron chi connectivity index (χ0n) is 16.8. The van der Waals surface area contributed by atoms with Crippen LogP contribution in [0.1, 0.15) is 31.7 Å². The fourth-order valence-electron chi connectivity index (χ4n) is 4.38. The van der Waals surface area contributed by atoms with Gasteiger partial charge in [-0.15, -0.1) is 0 Å². The van der Waals surface area contributed by atoms with Crippen molar-refractivity contribution in [1.29, 1.82) is 0 Å². The summed E-state index contributed by atoms with van der Waals surface area (Å²) in [4.78, 5) is 26.0. The highest BCUT2D eigenvalue weighted by Gasteiger charge is 2.21. The Morgan fingerprint density at radius 2 is 1.79 bits per heavy atom. The van der Waals surface area contributed by atoms with Crippen LogP contribution in [-0.2, 0) is 0 Å². The summed E-state index contributed by atoms with van der Waals surface area (Å²) in [6.07, 6.45) is 6.18. The molecule has 0 spiro atoms. The van der Waals surface area contributed by atoms with Crippen LogP contribution in [0.3, 0.4) is 0 Å². The lowest BCUT2D eigenvalue weighted by Gasteiger charge is -2.34. The lowest BCUT2D eigenvalue weighted by atomic mass is 10.2. The van der Waals surface area contributed by atoms with Gasteiger partial charge in [-0.1, -0.05) is 12.8 Å². The Balaban J connectivity index is 1.36. The molecule has 29 heavy (non-hydrogen) atoms. The lowest BCUT2D eigenvalue weighted by molar-refractivity contribution is 0.313. The van der Waals surface area contributed by atoms with Crippen molar-refractivity contribution >= 4 is 28.4 Å². The van der Waals surface area contributed by atoms with Crippen LogP contribution in [0, 0.1) is 0 Å². The predicted molar refractivity (Wildman–Crippen MR) is 115 cm³/mol. The number of aromatic amines is 1. The summed E-state index contributed by atoms with van der Waals surface area (Å²) in [6.45, 7) is 4.28. The molecule has 1 aromatic carbocycles. The van der Waals surface area contributed by atoms with Crippen LogP contribution in [-0.4, -0.2) is 57.9 Å². The Hall–Kier alpha value is -2.87. The van der Waals surface area contributed by atoms with Gasteiger partial charge in [0.25, 0.3) is 5.56 Å². The van der Waals surface area contributed by atoms with Crippen molar-refractivity contribution in [2.75, 3.05) is 43.4 Å². The van der Waals surface area contributed by atoms with Gasteiger partial charge >= 0.3 is 0 Å². The molecule has 1 saturated heterocycles. The number of H-pyrrole nitrogens is 1. The number of piperazine rings is 1. The standard InChI is InChI=1S/C21H27N7O/c1-26-10-12-27(13-11-26)16-8-6-15(7-9-16)23-21-22-14-18-19(24-21)28(25-20(18)29)17-4-2-3-5-17/h6-9,14,17H,2-5,10-13H2,1H3,(H,25,29)(H,22,23,24). The van der Waals surface area contributed by atoms with E-state index in [1.165, 1.54) is 18.5 Å². The SMILES string of the molecule is CN1CCN(c2ccc(Nc3ncc4c(=O)[nH]n(C5CCCC5)c4n3)cc2)CC1. The third-order valence-electron chi connectivity index (χ3n) is 6.15. The van der Waals surface area contributed by atoms with E-state index in [4.69, 9.17) is 0 Å². The first-order valence-electron chi connectivity index (χ1n) is 10.5. The molecule has 2 N–H and O–H groups in total. The number of likely N-dealkylation sites (N-methyl/N-ethyl adjacent to an activating group) is 1. The first kappa shape index (κ1) is 18.2. The van der Waals surface area contributed by atoms with E-state index in [1.807, 2.05) is 4.68 Å². The number of rotatable bonds is 4. The summed E-state index contributed by atoms with van der Waals surface area (Å²) >= 11 is 0. The van der Waals surface area contributed by atoms with Crippen LogP contribution in [0.2, 0.25) is 0 Å². The van der Waals surface area contributed by atoms with Crippen molar-refractivity contribution in [1.82, 2.24) is 24.6 Å². The van der Waals surface area contributed by atoms with Gasteiger partial charge in [-0.05, 0) is 44.2 Å². The molecule has 2 aromatic heterocycles. The molecule has 1 saturated carbocycles. The summed E-state index contributed by atoms with van der Waals surface area (Å²) in [6, 6.07) is 8.71. The second-order valence-electron chi connectivity index (χ2n) is 8.14. The molecule has 3 aromatic rings. The smallest absolute Gasteiger partial charge is 0.275 e. The molecule has 0 bridgehead atoms. The maximum absolute atomic E-state index is 12.2. The third-order valence-corrected chi connectivity index (χ3v) is 6.15. The Morgan fingerprint density at radius 1 is 1.07 bits per heavy atom. The van der Waals surface area contributed by atoms with Crippen LogP contribution in [0.25, 0.3) is 11.0 Å². The average Bonchev–Trinajstić information content (AvgIpc) is 3.37. The normalized spacial score (nSPS) is 18.6. The van der Waals surface area contributed by atoms with E-state index in [0.29, 0.717) is 23.0 Å². The molecule has 1 aliphatic heterocycles. The zero-order valence-corrected chi connectivity index (χ0v) is 16.8. The molecule has 3 heterocycles. The van der Waals surface area contributed by atoms with Crippen LogP contribution >= 0.6 is 0 Å². The number of benzene rings is 1. The molecule has 5 rings (SSSR count). The van der Waals surface area contributed by atoms with Crippen molar-refractivity contribution in [3.05, 3.63) is 40.8 Å². The number of aromatic nitrogens is 4. The Morgan fingerprint density at radius 3 is 2.52 bits per heavy atom. The second kappa shape index (κ2) is 7.51. The van der Waals surface area contributed by atoms with Gasteiger partial charge in [-0.3, -0.25) is 14.6 Å². The van der Waals surface area contributed by atoms with E-state index < -0.39 is 0 Å². The highest BCUT2D eigenvalue weighted by Crippen LogP contribution is 2.30. The second-order valence-corrected chi connectivity index (χ2v) is 8.14. The molecular formula is C21H27N7O. The summed E-state index contributed by atoms with van der Waals surface area (Å²) in [5.74, 6) is 0.510. The van der Waals surface area contributed by atoms with E-state index in [9.17, 15) is 4.79 Å². The summed E-state index contributed by atoms with van der Waals surface area (Å²) in [7, 11) is 2.16. The van der Waals surface area contributed by atoms with E-state index in [2.05, 4.69) is 61.5 Å². The predicted octanol–water partition coefficient (Wildman–Crippen LogP) is 2.73. The minimum absolute atomic E-state index is 0.116. The first-order chi connectivity index (χ1) is 14.2. The van der Waals surface area contributed by atoms with Crippen LogP contribution in [0.15, 0.2) is 35.3 Å². The van der Waals surface area contributed by atoms with E-state index >= 15 is 0 Å². The molecular weight excluding hydrogens is 366 g/mol. The molecule has 1 aliphatic carbocycles. The van der Waals surface area contributed by atoms with Gasteiger partial charge in [0, 0.05) is 43.8 Å². The number of anilines is 3.